The molecule has 0 bridgehead atoms. The molecule has 0 aliphatic rings. The summed E-state index contributed by atoms with van der Waals surface area (Å²) in [4.78, 5) is 0. The Labute approximate surface area is 124 Å². The van der Waals surface area contributed by atoms with Crippen molar-refractivity contribution in [2.45, 2.75) is 19.4 Å². The molecule has 7 nitrogen and oxygen atoms in total. The first-order chi connectivity index (χ1) is 9.66. The van der Waals surface area contributed by atoms with Gasteiger partial charge in [-0.25, -0.2) is 0 Å². The Morgan fingerprint density at radius 2 is 1.40 bits per heavy atom. The number of nitrogens with two attached hydrogens (primary N) is 1. The summed E-state index contributed by atoms with van der Waals surface area (Å²) < 4.78 is 16.0. The summed E-state index contributed by atoms with van der Waals surface area (Å²) in [5, 5.41) is 14.1. The maximum absolute atomic E-state index is 7.57. The Bertz CT molecular complexity index is 178. The fourth-order valence-corrected chi connectivity index (χ4v) is 3.24. The van der Waals surface area contributed by atoms with Crippen LogP contribution in [0.5, 0.6) is 0 Å². The molecule has 0 atom stereocenters. The Hall–Kier alpha value is -0.0631. The molecule has 0 aliphatic heterocycles. The highest BCUT2D eigenvalue weighted by Gasteiger charge is 2.36. The summed E-state index contributed by atoms with van der Waals surface area (Å²) in [6, 6.07) is 0.833. The van der Waals surface area contributed by atoms with E-state index >= 15 is 0 Å². The second-order valence-corrected chi connectivity index (χ2v) is 7.09. The van der Waals surface area contributed by atoms with Gasteiger partial charge in [-0.3, -0.25) is 0 Å². The van der Waals surface area contributed by atoms with Gasteiger partial charge in [0.2, 0.25) is 0 Å². The summed E-state index contributed by atoms with van der Waals surface area (Å²) in [6.45, 7) is 6.31. The molecule has 0 aromatic rings. The SMILES string of the molecule is CCO.CO[Si](CCCNCCNCCN)(OC)OC. The highest BCUT2D eigenvalue weighted by Crippen LogP contribution is 2.14. The van der Waals surface area contributed by atoms with Gasteiger partial charge in [-0.2, -0.15) is 0 Å². The molecule has 0 aromatic heterocycles. The molecule has 0 amide bonds. The number of nitrogens with one attached hydrogen (secondary N) is 2. The maximum atomic E-state index is 7.57. The van der Waals surface area contributed by atoms with Crippen molar-refractivity contribution in [2.75, 3.05) is 60.7 Å². The molecule has 0 rings (SSSR count). The molecule has 0 heterocycles. The van der Waals surface area contributed by atoms with Crippen molar-refractivity contribution in [3.63, 3.8) is 0 Å². The predicted molar refractivity (Wildman–Crippen MR) is 83.8 cm³/mol. The van der Waals surface area contributed by atoms with Crippen LogP contribution >= 0.6 is 0 Å². The number of aliphatic hydroxyl groups excluding tert-OH is 1. The number of hydrogen-bond donors (Lipinski definition) is 4. The van der Waals surface area contributed by atoms with E-state index < -0.39 is 8.80 Å². The van der Waals surface area contributed by atoms with E-state index in [1.54, 1.807) is 28.3 Å². The first kappa shape index (κ1) is 22.2. The van der Waals surface area contributed by atoms with Gasteiger partial charge in [0.1, 0.15) is 0 Å². The van der Waals surface area contributed by atoms with Crippen LogP contribution in [0.2, 0.25) is 6.04 Å². The summed E-state index contributed by atoms with van der Waals surface area (Å²) in [7, 11) is 2.56. The Morgan fingerprint density at radius 3 is 1.80 bits per heavy atom. The Balaban J connectivity index is 0. The number of rotatable bonds is 12. The fraction of sp³-hybridized carbons (Fsp3) is 1.00. The molecule has 124 valence electrons. The monoisotopic (exact) mass is 311 g/mol. The van der Waals surface area contributed by atoms with Crippen LogP contribution in [0.1, 0.15) is 13.3 Å². The van der Waals surface area contributed by atoms with Crippen LogP contribution in [0.15, 0.2) is 0 Å². The van der Waals surface area contributed by atoms with Crippen LogP contribution in [0.3, 0.4) is 0 Å². The van der Waals surface area contributed by atoms with E-state index in [0.29, 0.717) is 6.54 Å². The first-order valence-electron chi connectivity index (χ1n) is 7.04. The predicted octanol–water partition coefficient (Wildman–Crippen LogP) is -0.609. The van der Waals surface area contributed by atoms with Gasteiger partial charge in [0, 0.05) is 60.2 Å². The van der Waals surface area contributed by atoms with Crippen molar-refractivity contribution >= 4 is 8.80 Å². The minimum absolute atomic E-state index is 0.250. The zero-order valence-electron chi connectivity index (χ0n) is 13.4. The number of aliphatic hydroxyl groups is 1. The smallest absolute Gasteiger partial charge is 0.397 e. The first-order valence-corrected chi connectivity index (χ1v) is 8.97. The van der Waals surface area contributed by atoms with Crippen molar-refractivity contribution < 1.29 is 18.4 Å². The van der Waals surface area contributed by atoms with E-state index in [0.717, 1.165) is 38.6 Å². The zero-order chi connectivity index (χ0) is 15.7. The van der Waals surface area contributed by atoms with Gasteiger partial charge in [0.25, 0.3) is 0 Å². The van der Waals surface area contributed by atoms with Crippen LogP contribution in [-0.4, -0.2) is 74.6 Å². The van der Waals surface area contributed by atoms with E-state index in [1.807, 2.05) is 0 Å². The summed E-state index contributed by atoms with van der Waals surface area (Å²) >= 11 is 0. The van der Waals surface area contributed by atoms with Gasteiger partial charge < -0.3 is 34.8 Å². The van der Waals surface area contributed by atoms with Gasteiger partial charge in [0.05, 0.1) is 0 Å². The molecule has 0 unspecified atom stereocenters. The summed E-state index contributed by atoms with van der Waals surface area (Å²) in [6.07, 6.45) is 0.985. The lowest BCUT2D eigenvalue weighted by Gasteiger charge is -2.24. The molecular formula is C12H33N3O4Si. The minimum Gasteiger partial charge on any atom is -0.397 e. The Morgan fingerprint density at radius 1 is 0.950 bits per heavy atom. The molecular weight excluding hydrogens is 278 g/mol. The van der Waals surface area contributed by atoms with Crippen LogP contribution in [0.25, 0.3) is 0 Å². The highest BCUT2D eigenvalue weighted by molar-refractivity contribution is 6.60. The average molecular weight is 311 g/mol. The van der Waals surface area contributed by atoms with Crippen molar-refractivity contribution in [3.05, 3.63) is 0 Å². The summed E-state index contributed by atoms with van der Waals surface area (Å²) in [5.41, 5.74) is 5.36. The minimum atomic E-state index is -2.37. The lowest BCUT2D eigenvalue weighted by molar-refractivity contribution is 0.123. The van der Waals surface area contributed by atoms with Crippen molar-refractivity contribution in [2.24, 2.45) is 5.73 Å². The average Bonchev–Trinajstić information content (AvgIpc) is 2.47. The van der Waals surface area contributed by atoms with E-state index in [-0.39, 0.29) is 6.61 Å². The topological polar surface area (TPSA) is 98.0 Å². The largest absolute Gasteiger partial charge is 0.500 e. The second-order valence-electron chi connectivity index (χ2n) is 4.00. The molecule has 5 N–H and O–H groups in total. The second kappa shape index (κ2) is 17.0. The molecule has 0 aromatic carbocycles. The van der Waals surface area contributed by atoms with E-state index in [9.17, 15) is 0 Å². The molecule has 0 saturated heterocycles. The van der Waals surface area contributed by atoms with Gasteiger partial charge in [-0.1, -0.05) is 0 Å². The van der Waals surface area contributed by atoms with Crippen molar-refractivity contribution in [3.8, 4) is 0 Å². The van der Waals surface area contributed by atoms with Gasteiger partial charge in [-0.05, 0) is 19.9 Å². The molecule has 8 heteroatoms. The normalized spacial score (nSPS) is 11.1. The van der Waals surface area contributed by atoms with Gasteiger partial charge in [-0.15, -0.1) is 0 Å². The summed E-state index contributed by atoms with van der Waals surface area (Å²) in [5.74, 6) is 0. The van der Waals surface area contributed by atoms with Crippen LogP contribution in [-0.2, 0) is 13.3 Å². The van der Waals surface area contributed by atoms with Crippen molar-refractivity contribution in [1.82, 2.24) is 10.6 Å². The van der Waals surface area contributed by atoms with Gasteiger partial charge in [0.15, 0.2) is 0 Å². The Kier molecular flexibility index (Phi) is 18.9. The highest BCUT2D eigenvalue weighted by atomic mass is 28.4. The van der Waals surface area contributed by atoms with Gasteiger partial charge >= 0.3 is 8.80 Å². The third-order valence-corrected chi connectivity index (χ3v) is 5.40. The third-order valence-electron chi connectivity index (χ3n) is 2.57. The molecule has 0 spiro atoms. The van der Waals surface area contributed by atoms with Crippen LogP contribution in [0.4, 0.5) is 0 Å². The van der Waals surface area contributed by atoms with E-state index in [2.05, 4.69) is 10.6 Å². The van der Waals surface area contributed by atoms with E-state index in [4.69, 9.17) is 24.1 Å². The standard InChI is InChI=1S/C10H27N3O3Si.C2H6O/c1-14-17(15-2,16-3)10-4-6-12-8-9-13-7-5-11;1-2-3/h12-13H,4-11H2,1-3H3;3H,2H2,1H3. The van der Waals surface area contributed by atoms with Crippen molar-refractivity contribution in [1.29, 1.82) is 0 Å². The molecule has 0 aliphatic carbocycles. The number of hydrogen-bond acceptors (Lipinski definition) is 7. The molecule has 20 heavy (non-hydrogen) atoms. The lowest BCUT2D eigenvalue weighted by atomic mass is 10.4. The maximum Gasteiger partial charge on any atom is 0.500 e. The third kappa shape index (κ3) is 12.9. The van der Waals surface area contributed by atoms with E-state index in [1.165, 1.54) is 0 Å². The quantitative estimate of drug-likeness (QED) is 0.282. The fourth-order valence-electron chi connectivity index (χ4n) is 1.51. The molecule has 0 saturated carbocycles. The lowest BCUT2D eigenvalue weighted by Crippen LogP contribution is -2.43. The van der Waals surface area contributed by atoms with Crippen LogP contribution < -0.4 is 16.4 Å². The van der Waals surface area contributed by atoms with Crippen LogP contribution in [0, 0.1) is 0 Å². The zero-order valence-corrected chi connectivity index (χ0v) is 14.4. The molecule has 0 fully saturated rings. The molecule has 0 radical (unpaired) electrons.